The number of hydrogen-bond donors (Lipinski definition) is 3. The maximum Gasteiger partial charge on any atom is 0.246 e. The van der Waals surface area contributed by atoms with Gasteiger partial charge in [0, 0.05) is 16.9 Å². The average molecular weight is 456 g/mol. The first kappa shape index (κ1) is 23.1. The van der Waals surface area contributed by atoms with Gasteiger partial charge in [0.05, 0.1) is 19.1 Å². The Balaban J connectivity index is 1.73. The number of ether oxygens (including phenoxy) is 2. The van der Waals surface area contributed by atoms with Crippen molar-refractivity contribution in [2.24, 2.45) is 5.14 Å². The van der Waals surface area contributed by atoms with Crippen LogP contribution in [0.4, 0.5) is 11.4 Å². The molecule has 0 aliphatic heterocycles. The van der Waals surface area contributed by atoms with Crippen molar-refractivity contribution in [2.75, 3.05) is 24.9 Å². The van der Waals surface area contributed by atoms with E-state index in [-0.39, 0.29) is 10.8 Å². The van der Waals surface area contributed by atoms with Crippen molar-refractivity contribution in [1.29, 1.82) is 0 Å². The maximum atomic E-state index is 12.6. The molecule has 0 aliphatic carbocycles. The van der Waals surface area contributed by atoms with Gasteiger partial charge in [-0.3, -0.25) is 4.79 Å². The monoisotopic (exact) mass is 455 g/mol. The standard InChI is InChI=1S/C23H25N3O5S/c1-15(23(27)26-17-6-11-20(12-7-17)32(24,28)29)25-18-8-13-22(31-3)21(14-18)16-4-9-19(30-2)10-5-16/h4-15,25H,1-3H3,(H,26,27)(H2,24,28,29). The van der Waals surface area contributed by atoms with E-state index in [4.69, 9.17) is 14.6 Å². The molecule has 0 aromatic heterocycles. The number of benzene rings is 3. The van der Waals surface area contributed by atoms with Gasteiger partial charge in [-0.05, 0) is 67.1 Å². The number of nitrogens with two attached hydrogens (primary N) is 1. The zero-order valence-electron chi connectivity index (χ0n) is 18.0. The molecule has 3 aromatic carbocycles. The number of nitrogens with one attached hydrogen (secondary N) is 2. The quantitative estimate of drug-likeness (QED) is 0.479. The van der Waals surface area contributed by atoms with Crippen molar-refractivity contribution >= 4 is 27.3 Å². The Morgan fingerprint density at radius 2 is 1.53 bits per heavy atom. The smallest absolute Gasteiger partial charge is 0.246 e. The van der Waals surface area contributed by atoms with E-state index in [1.54, 1.807) is 21.1 Å². The number of anilines is 2. The number of hydrogen-bond acceptors (Lipinski definition) is 6. The molecule has 1 atom stereocenters. The molecule has 1 amide bonds. The maximum absolute atomic E-state index is 12.6. The first-order valence-electron chi connectivity index (χ1n) is 9.74. The Morgan fingerprint density at radius 1 is 0.906 bits per heavy atom. The van der Waals surface area contributed by atoms with Crippen molar-refractivity contribution in [3.8, 4) is 22.6 Å². The molecule has 3 rings (SSSR count). The summed E-state index contributed by atoms with van der Waals surface area (Å²) in [5.74, 6) is 1.17. The van der Waals surface area contributed by atoms with Gasteiger partial charge < -0.3 is 20.1 Å². The van der Waals surface area contributed by atoms with Crippen LogP contribution < -0.4 is 25.2 Å². The molecule has 0 saturated heterocycles. The van der Waals surface area contributed by atoms with E-state index in [1.165, 1.54) is 24.3 Å². The first-order valence-corrected chi connectivity index (χ1v) is 11.3. The molecule has 0 radical (unpaired) electrons. The molecule has 32 heavy (non-hydrogen) atoms. The van der Waals surface area contributed by atoms with Gasteiger partial charge >= 0.3 is 0 Å². The first-order chi connectivity index (χ1) is 15.2. The number of carbonyl (C=O) groups excluding carboxylic acids is 1. The Kier molecular flexibility index (Phi) is 7.01. The van der Waals surface area contributed by atoms with E-state index >= 15 is 0 Å². The number of primary sulfonamides is 1. The van der Waals surface area contributed by atoms with Gasteiger partial charge in [-0.1, -0.05) is 12.1 Å². The summed E-state index contributed by atoms with van der Waals surface area (Å²) in [5.41, 5.74) is 3.01. The highest BCUT2D eigenvalue weighted by atomic mass is 32.2. The fourth-order valence-electron chi connectivity index (χ4n) is 3.09. The minimum Gasteiger partial charge on any atom is -0.497 e. The molecule has 9 heteroatoms. The lowest BCUT2D eigenvalue weighted by atomic mass is 10.0. The molecule has 8 nitrogen and oxygen atoms in total. The second kappa shape index (κ2) is 9.71. The Labute approximate surface area is 187 Å². The number of rotatable bonds is 8. The topological polar surface area (TPSA) is 120 Å². The minimum absolute atomic E-state index is 0.0223. The molecule has 0 heterocycles. The normalized spacial score (nSPS) is 12.0. The van der Waals surface area contributed by atoms with Crippen LogP contribution in [0.3, 0.4) is 0 Å². The number of sulfonamides is 1. The highest BCUT2D eigenvalue weighted by molar-refractivity contribution is 7.89. The number of amides is 1. The van der Waals surface area contributed by atoms with Gasteiger partial charge in [0.2, 0.25) is 15.9 Å². The summed E-state index contributed by atoms with van der Waals surface area (Å²) in [4.78, 5) is 12.6. The predicted octanol–water partition coefficient (Wildman–Crippen LogP) is 3.46. The SMILES string of the molecule is COc1ccc(-c2cc(NC(C)C(=O)Nc3ccc(S(N)(=O)=O)cc3)ccc2OC)cc1. The highest BCUT2D eigenvalue weighted by Crippen LogP contribution is 2.33. The highest BCUT2D eigenvalue weighted by Gasteiger charge is 2.15. The average Bonchev–Trinajstić information content (AvgIpc) is 2.78. The van der Waals surface area contributed by atoms with Crippen molar-refractivity contribution in [2.45, 2.75) is 17.9 Å². The molecular weight excluding hydrogens is 430 g/mol. The van der Waals surface area contributed by atoms with E-state index in [1.807, 2.05) is 42.5 Å². The lowest BCUT2D eigenvalue weighted by molar-refractivity contribution is -0.116. The van der Waals surface area contributed by atoms with E-state index in [2.05, 4.69) is 10.6 Å². The summed E-state index contributed by atoms with van der Waals surface area (Å²) < 4.78 is 33.4. The molecule has 0 spiro atoms. The van der Waals surface area contributed by atoms with Crippen molar-refractivity contribution in [3.63, 3.8) is 0 Å². The molecule has 168 valence electrons. The molecule has 0 bridgehead atoms. The van der Waals surface area contributed by atoms with E-state index in [9.17, 15) is 13.2 Å². The van der Waals surface area contributed by atoms with Crippen molar-refractivity contribution in [1.82, 2.24) is 0 Å². The van der Waals surface area contributed by atoms with Crippen LogP contribution in [-0.2, 0) is 14.8 Å². The van der Waals surface area contributed by atoms with Crippen LogP contribution in [0.1, 0.15) is 6.92 Å². The molecule has 3 aromatic rings. The fourth-order valence-corrected chi connectivity index (χ4v) is 3.60. The summed E-state index contributed by atoms with van der Waals surface area (Å²) in [6.45, 7) is 1.73. The minimum atomic E-state index is -3.78. The fraction of sp³-hybridized carbons (Fsp3) is 0.174. The van der Waals surface area contributed by atoms with Crippen LogP contribution in [0, 0.1) is 0 Å². The van der Waals surface area contributed by atoms with Crippen LogP contribution in [0.15, 0.2) is 71.6 Å². The second-order valence-electron chi connectivity index (χ2n) is 7.07. The van der Waals surface area contributed by atoms with Crippen LogP contribution in [0.25, 0.3) is 11.1 Å². The zero-order valence-corrected chi connectivity index (χ0v) is 18.8. The van der Waals surface area contributed by atoms with Gasteiger partial charge in [0.1, 0.15) is 17.5 Å². The molecular formula is C23H25N3O5S. The third-order valence-electron chi connectivity index (χ3n) is 4.83. The van der Waals surface area contributed by atoms with Gasteiger partial charge in [0.15, 0.2) is 0 Å². The summed E-state index contributed by atoms with van der Waals surface area (Å²) >= 11 is 0. The Hall–Kier alpha value is -3.56. The van der Waals surface area contributed by atoms with Gasteiger partial charge in [-0.15, -0.1) is 0 Å². The third-order valence-corrected chi connectivity index (χ3v) is 5.76. The van der Waals surface area contributed by atoms with E-state index < -0.39 is 16.1 Å². The van der Waals surface area contributed by atoms with Crippen molar-refractivity contribution < 1.29 is 22.7 Å². The molecule has 0 saturated carbocycles. The largest absolute Gasteiger partial charge is 0.497 e. The summed E-state index contributed by atoms with van der Waals surface area (Å²) in [5, 5.41) is 11.0. The molecule has 0 aliphatic rings. The summed E-state index contributed by atoms with van der Waals surface area (Å²) in [6, 6.07) is 18.3. The number of carbonyl (C=O) groups is 1. The van der Waals surface area contributed by atoms with Crippen molar-refractivity contribution in [3.05, 3.63) is 66.7 Å². The third kappa shape index (κ3) is 5.57. The molecule has 1 unspecified atom stereocenters. The Morgan fingerprint density at radius 3 is 2.09 bits per heavy atom. The Bertz CT molecular complexity index is 1190. The van der Waals surface area contributed by atoms with Crippen LogP contribution in [-0.4, -0.2) is 34.6 Å². The van der Waals surface area contributed by atoms with E-state index in [0.29, 0.717) is 11.4 Å². The zero-order chi connectivity index (χ0) is 23.3. The predicted molar refractivity (Wildman–Crippen MR) is 125 cm³/mol. The van der Waals surface area contributed by atoms with Crippen LogP contribution in [0.5, 0.6) is 11.5 Å². The van der Waals surface area contributed by atoms with Crippen LogP contribution >= 0.6 is 0 Å². The van der Waals surface area contributed by atoms with Gasteiger partial charge in [-0.2, -0.15) is 0 Å². The molecule has 4 N–H and O–H groups in total. The summed E-state index contributed by atoms with van der Waals surface area (Å²) in [7, 11) is -0.568. The molecule has 0 fully saturated rings. The van der Waals surface area contributed by atoms with Crippen LogP contribution in [0.2, 0.25) is 0 Å². The lowest BCUT2D eigenvalue weighted by Gasteiger charge is -2.17. The lowest BCUT2D eigenvalue weighted by Crippen LogP contribution is -2.31. The van der Waals surface area contributed by atoms with Gasteiger partial charge in [0.25, 0.3) is 0 Å². The number of methoxy groups -OCH3 is 2. The second-order valence-corrected chi connectivity index (χ2v) is 8.63. The van der Waals surface area contributed by atoms with E-state index in [0.717, 1.165) is 22.6 Å². The summed E-state index contributed by atoms with van der Waals surface area (Å²) in [6.07, 6.45) is 0. The van der Waals surface area contributed by atoms with Gasteiger partial charge in [-0.25, -0.2) is 13.6 Å².